The molecule has 0 aromatic heterocycles. The number of benzene rings is 2. The molecule has 2 aromatic rings. The van der Waals surface area contributed by atoms with E-state index in [4.69, 9.17) is 0 Å². The van der Waals surface area contributed by atoms with Gasteiger partial charge in [0.2, 0.25) is 0 Å². The summed E-state index contributed by atoms with van der Waals surface area (Å²) in [6, 6.07) is 10.0. The van der Waals surface area contributed by atoms with Crippen molar-refractivity contribution < 1.29 is 13.2 Å². The van der Waals surface area contributed by atoms with Crippen LogP contribution < -0.4 is 4.90 Å². The number of hydrogen-bond acceptors (Lipinski definition) is 2. The van der Waals surface area contributed by atoms with Crippen molar-refractivity contribution in [3.63, 3.8) is 0 Å². The minimum Gasteiger partial charge on any atom is -0.347 e. The number of anilines is 1. The molecule has 0 atom stereocenters. The van der Waals surface area contributed by atoms with Crippen LogP contribution in [0.25, 0.3) is 0 Å². The normalized spacial score (nSPS) is 17.8. The molecule has 0 fully saturated rings. The SMILES string of the molecule is CN1C(=CC=Nc2ccc(F)c(F)c2F)C(C)(C)c2ccccc21. The predicted molar refractivity (Wildman–Crippen MR) is 90.4 cm³/mol. The fourth-order valence-electron chi connectivity index (χ4n) is 3.11. The number of hydrogen-bond donors (Lipinski definition) is 0. The van der Waals surface area contributed by atoms with Crippen LogP contribution in [0, 0.1) is 17.5 Å². The summed E-state index contributed by atoms with van der Waals surface area (Å²) in [4.78, 5) is 5.97. The third kappa shape index (κ3) is 2.50. The molecule has 2 nitrogen and oxygen atoms in total. The van der Waals surface area contributed by atoms with Crippen molar-refractivity contribution in [2.75, 3.05) is 11.9 Å². The molecule has 24 heavy (non-hydrogen) atoms. The van der Waals surface area contributed by atoms with Crippen LogP contribution in [-0.4, -0.2) is 13.3 Å². The number of para-hydroxylation sites is 1. The molecule has 1 aliphatic rings. The summed E-state index contributed by atoms with van der Waals surface area (Å²) >= 11 is 0. The molecule has 1 heterocycles. The summed E-state index contributed by atoms with van der Waals surface area (Å²) in [5.41, 5.74) is 2.80. The Bertz CT molecular complexity index is 854. The maximum absolute atomic E-state index is 13.6. The van der Waals surface area contributed by atoms with Gasteiger partial charge in [-0.05, 0) is 29.8 Å². The van der Waals surface area contributed by atoms with Gasteiger partial charge in [0.1, 0.15) is 5.69 Å². The van der Waals surface area contributed by atoms with E-state index in [1.54, 1.807) is 6.08 Å². The van der Waals surface area contributed by atoms with Crippen LogP contribution in [0.15, 0.2) is 53.2 Å². The number of rotatable bonds is 2. The zero-order valence-corrected chi connectivity index (χ0v) is 13.6. The van der Waals surface area contributed by atoms with E-state index in [-0.39, 0.29) is 11.1 Å². The van der Waals surface area contributed by atoms with Crippen molar-refractivity contribution in [2.45, 2.75) is 19.3 Å². The quantitative estimate of drug-likeness (QED) is 0.551. The highest BCUT2D eigenvalue weighted by Gasteiger charge is 2.37. The highest BCUT2D eigenvalue weighted by Crippen LogP contribution is 2.46. The number of likely N-dealkylation sites (N-methyl/N-ethyl adjacent to an activating group) is 1. The van der Waals surface area contributed by atoms with E-state index in [2.05, 4.69) is 24.9 Å². The lowest BCUT2D eigenvalue weighted by Crippen LogP contribution is -2.23. The molecular formula is C19H17F3N2. The number of fused-ring (bicyclic) bond motifs is 1. The summed E-state index contributed by atoms with van der Waals surface area (Å²) in [6.45, 7) is 4.18. The summed E-state index contributed by atoms with van der Waals surface area (Å²) in [5.74, 6) is -4.02. The van der Waals surface area contributed by atoms with Gasteiger partial charge in [0.15, 0.2) is 17.5 Å². The minimum absolute atomic E-state index is 0.232. The number of aliphatic imine (C=N–C) groups is 1. The largest absolute Gasteiger partial charge is 0.347 e. The molecule has 3 rings (SSSR count). The Hall–Kier alpha value is -2.56. The lowest BCUT2D eigenvalue weighted by atomic mass is 9.84. The summed E-state index contributed by atoms with van der Waals surface area (Å²) in [5, 5.41) is 0. The minimum atomic E-state index is -1.51. The van der Waals surface area contributed by atoms with E-state index < -0.39 is 17.5 Å². The maximum atomic E-state index is 13.6. The molecule has 1 aliphatic heterocycles. The number of allylic oxidation sites excluding steroid dienone is 2. The molecule has 0 N–H and O–H groups in total. The fourth-order valence-corrected chi connectivity index (χ4v) is 3.11. The van der Waals surface area contributed by atoms with Crippen LogP contribution in [0.3, 0.4) is 0 Å². The predicted octanol–water partition coefficient (Wildman–Crippen LogP) is 5.12. The van der Waals surface area contributed by atoms with Gasteiger partial charge >= 0.3 is 0 Å². The van der Waals surface area contributed by atoms with Gasteiger partial charge in [-0.1, -0.05) is 32.0 Å². The van der Waals surface area contributed by atoms with Crippen LogP contribution in [0.1, 0.15) is 19.4 Å². The Morgan fingerprint density at radius 2 is 1.71 bits per heavy atom. The summed E-state index contributed by atoms with van der Waals surface area (Å²) < 4.78 is 39.8. The first kappa shape index (κ1) is 16.3. The first-order valence-corrected chi connectivity index (χ1v) is 7.55. The monoisotopic (exact) mass is 330 g/mol. The summed E-state index contributed by atoms with van der Waals surface area (Å²) in [6.07, 6.45) is 3.18. The van der Waals surface area contributed by atoms with E-state index in [0.717, 1.165) is 23.5 Å². The van der Waals surface area contributed by atoms with E-state index in [1.807, 2.05) is 30.1 Å². The first-order chi connectivity index (χ1) is 11.3. The Balaban J connectivity index is 1.95. The average molecular weight is 330 g/mol. The van der Waals surface area contributed by atoms with Crippen molar-refractivity contribution in [2.24, 2.45) is 4.99 Å². The molecule has 0 spiro atoms. The molecular weight excluding hydrogens is 313 g/mol. The van der Waals surface area contributed by atoms with Crippen molar-refractivity contribution in [3.8, 4) is 0 Å². The van der Waals surface area contributed by atoms with E-state index in [1.165, 1.54) is 11.8 Å². The van der Waals surface area contributed by atoms with Crippen LogP contribution in [0.2, 0.25) is 0 Å². The van der Waals surface area contributed by atoms with Gasteiger partial charge in [0.25, 0.3) is 0 Å². The van der Waals surface area contributed by atoms with Gasteiger partial charge in [-0.2, -0.15) is 0 Å². The molecule has 0 aliphatic carbocycles. The highest BCUT2D eigenvalue weighted by atomic mass is 19.2. The number of halogens is 3. The second-order valence-electron chi connectivity index (χ2n) is 6.23. The molecule has 0 unspecified atom stereocenters. The topological polar surface area (TPSA) is 15.6 Å². The molecule has 2 aromatic carbocycles. The van der Waals surface area contributed by atoms with Gasteiger partial charge in [-0.3, -0.25) is 4.99 Å². The smallest absolute Gasteiger partial charge is 0.196 e. The van der Waals surface area contributed by atoms with Crippen LogP contribution in [-0.2, 0) is 5.41 Å². The van der Waals surface area contributed by atoms with Crippen molar-refractivity contribution in [3.05, 3.63) is 71.2 Å². The van der Waals surface area contributed by atoms with Gasteiger partial charge in [-0.15, -0.1) is 0 Å². The van der Waals surface area contributed by atoms with Gasteiger partial charge < -0.3 is 4.90 Å². The zero-order chi connectivity index (χ0) is 17.5. The number of nitrogens with zero attached hydrogens (tertiary/aromatic N) is 2. The van der Waals surface area contributed by atoms with Gasteiger partial charge in [0.05, 0.1) is 0 Å². The molecule has 0 amide bonds. The Labute approximate surface area is 138 Å². The van der Waals surface area contributed by atoms with Crippen molar-refractivity contribution >= 4 is 17.6 Å². The van der Waals surface area contributed by atoms with Crippen LogP contribution in [0.4, 0.5) is 24.5 Å². The van der Waals surface area contributed by atoms with Crippen molar-refractivity contribution in [1.82, 2.24) is 0 Å². The second-order valence-corrected chi connectivity index (χ2v) is 6.23. The van der Waals surface area contributed by atoms with E-state index >= 15 is 0 Å². The zero-order valence-electron chi connectivity index (χ0n) is 13.6. The third-order valence-electron chi connectivity index (χ3n) is 4.40. The highest BCUT2D eigenvalue weighted by molar-refractivity contribution is 5.80. The lowest BCUT2D eigenvalue weighted by Gasteiger charge is -2.23. The van der Waals surface area contributed by atoms with E-state index in [0.29, 0.717) is 0 Å². The Morgan fingerprint density at radius 1 is 1.00 bits per heavy atom. The molecule has 0 saturated heterocycles. The first-order valence-electron chi connectivity index (χ1n) is 7.55. The van der Waals surface area contributed by atoms with Gasteiger partial charge in [-0.25, -0.2) is 13.2 Å². The fraction of sp³-hybridized carbons (Fsp3) is 0.211. The Kier molecular flexibility index (Phi) is 3.95. The molecule has 0 bridgehead atoms. The third-order valence-corrected chi connectivity index (χ3v) is 4.40. The second kappa shape index (κ2) is 5.82. The Morgan fingerprint density at radius 3 is 2.42 bits per heavy atom. The molecule has 0 radical (unpaired) electrons. The van der Waals surface area contributed by atoms with E-state index in [9.17, 15) is 13.2 Å². The maximum Gasteiger partial charge on any atom is 0.196 e. The molecule has 5 heteroatoms. The molecule has 0 saturated carbocycles. The molecule has 124 valence electrons. The summed E-state index contributed by atoms with van der Waals surface area (Å²) in [7, 11) is 1.95. The van der Waals surface area contributed by atoms with Crippen LogP contribution >= 0.6 is 0 Å². The van der Waals surface area contributed by atoms with Crippen LogP contribution in [0.5, 0.6) is 0 Å². The van der Waals surface area contributed by atoms with Gasteiger partial charge in [0, 0.05) is 30.1 Å². The lowest BCUT2D eigenvalue weighted by molar-refractivity contribution is 0.448. The average Bonchev–Trinajstić information content (AvgIpc) is 2.76. The standard InChI is InChI=1S/C19H17F3N2/c1-19(2)12-6-4-5-7-15(12)24(3)16(19)10-11-23-14-9-8-13(20)17(21)18(14)22/h4-11H,1-3H3. The van der Waals surface area contributed by atoms with Crippen molar-refractivity contribution in [1.29, 1.82) is 0 Å².